The molecule has 0 aliphatic rings. The second-order valence-corrected chi connectivity index (χ2v) is 6.77. The first-order valence-electron chi connectivity index (χ1n) is 9.34. The Balaban J connectivity index is 1.63. The van der Waals surface area contributed by atoms with Gasteiger partial charge in [0.15, 0.2) is 5.96 Å². The van der Waals surface area contributed by atoms with Crippen molar-refractivity contribution in [1.82, 2.24) is 20.4 Å². The molecule has 3 aromatic rings. The molecule has 1 unspecified atom stereocenters. The molecule has 5 nitrogen and oxygen atoms in total. The summed E-state index contributed by atoms with van der Waals surface area (Å²) in [6, 6.07) is 15.4. The molecule has 0 amide bonds. The van der Waals surface area contributed by atoms with Crippen molar-refractivity contribution in [1.29, 1.82) is 0 Å². The summed E-state index contributed by atoms with van der Waals surface area (Å²) in [7, 11) is 1.73. The average molecular weight is 379 g/mol. The van der Waals surface area contributed by atoms with Crippen LogP contribution in [0.15, 0.2) is 65.9 Å². The number of benzene rings is 2. The predicted molar refractivity (Wildman–Crippen MR) is 111 cm³/mol. The maximum atomic E-state index is 13.8. The molecule has 1 aromatic heterocycles. The molecule has 28 heavy (non-hydrogen) atoms. The Morgan fingerprint density at radius 3 is 2.64 bits per heavy atom. The highest BCUT2D eigenvalue weighted by Crippen LogP contribution is 2.16. The fourth-order valence-corrected chi connectivity index (χ4v) is 2.99. The largest absolute Gasteiger partial charge is 0.352 e. The number of nitrogens with zero attached hydrogens (tertiary/aromatic N) is 3. The van der Waals surface area contributed by atoms with E-state index in [4.69, 9.17) is 0 Å². The second-order valence-electron chi connectivity index (χ2n) is 6.77. The van der Waals surface area contributed by atoms with Crippen molar-refractivity contribution in [2.45, 2.75) is 33.0 Å². The lowest BCUT2D eigenvalue weighted by atomic mass is 10.1. The number of guanidine groups is 1. The molecule has 0 saturated carbocycles. The van der Waals surface area contributed by atoms with E-state index in [1.807, 2.05) is 42.1 Å². The predicted octanol–water partition coefficient (Wildman–Crippen LogP) is 3.81. The normalized spacial score (nSPS) is 12.6. The smallest absolute Gasteiger partial charge is 0.191 e. The summed E-state index contributed by atoms with van der Waals surface area (Å²) in [5.74, 6) is 0.476. The molecular weight excluding hydrogens is 353 g/mol. The molecule has 0 aliphatic heterocycles. The van der Waals surface area contributed by atoms with E-state index in [-0.39, 0.29) is 11.9 Å². The molecule has 2 N–H and O–H groups in total. The highest BCUT2D eigenvalue weighted by atomic mass is 19.1. The van der Waals surface area contributed by atoms with Crippen molar-refractivity contribution in [3.05, 3.63) is 89.0 Å². The number of rotatable bonds is 6. The van der Waals surface area contributed by atoms with Crippen LogP contribution in [0.3, 0.4) is 0 Å². The summed E-state index contributed by atoms with van der Waals surface area (Å²) < 4.78 is 15.8. The molecule has 0 saturated heterocycles. The molecule has 1 heterocycles. The summed E-state index contributed by atoms with van der Waals surface area (Å²) in [6.07, 6.45) is 3.73. The quantitative estimate of drug-likeness (QED) is 0.506. The molecule has 0 aliphatic carbocycles. The molecule has 0 bridgehead atoms. The lowest BCUT2D eigenvalue weighted by molar-refractivity contribution is 0.607. The highest BCUT2D eigenvalue weighted by molar-refractivity contribution is 5.80. The van der Waals surface area contributed by atoms with Crippen LogP contribution in [0, 0.1) is 12.7 Å². The molecule has 3 rings (SSSR count). The number of hydrogen-bond donors (Lipinski definition) is 2. The van der Waals surface area contributed by atoms with Crippen molar-refractivity contribution in [2.24, 2.45) is 4.99 Å². The summed E-state index contributed by atoms with van der Waals surface area (Å²) >= 11 is 0. The number of aromatic nitrogens is 2. The number of halogens is 1. The third-order valence-corrected chi connectivity index (χ3v) is 4.73. The van der Waals surface area contributed by atoms with Crippen LogP contribution in [0.5, 0.6) is 0 Å². The Labute approximate surface area is 165 Å². The first-order chi connectivity index (χ1) is 13.6. The van der Waals surface area contributed by atoms with Crippen LogP contribution in [0.1, 0.15) is 35.2 Å². The monoisotopic (exact) mass is 379 g/mol. The van der Waals surface area contributed by atoms with Crippen LogP contribution in [0.2, 0.25) is 0 Å². The maximum Gasteiger partial charge on any atom is 0.191 e. The van der Waals surface area contributed by atoms with Gasteiger partial charge in [-0.3, -0.25) is 9.67 Å². The van der Waals surface area contributed by atoms with Gasteiger partial charge in [-0.1, -0.05) is 36.4 Å². The van der Waals surface area contributed by atoms with Crippen molar-refractivity contribution in [3.63, 3.8) is 0 Å². The molecule has 0 spiro atoms. The van der Waals surface area contributed by atoms with Gasteiger partial charge in [-0.2, -0.15) is 5.10 Å². The summed E-state index contributed by atoms with van der Waals surface area (Å²) in [4.78, 5) is 4.30. The Hall–Kier alpha value is -3.15. The van der Waals surface area contributed by atoms with Crippen LogP contribution < -0.4 is 10.6 Å². The molecule has 0 fully saturated rings. The van der Waals surface area contributed by atoms with Gasteiger partial charge in [0.2, 0.25) is 0 Å². The Morgan fingerprint density at radius 2 is 1.96 bits per heavy atom. The van der Waals surface area contributed by atoms with Gasteiger partial charge in [0.1, 0.15) is 5.82 Å². The standard InChI is InChI=1S/C22H26FN5/c1-16-9-10-18(13-21(16)23)17(2)27-22(24-3)25-14-19-7-4-5-8-20(19)15-28-12-6-11-26-28/h4-13,17H,14-15H2,1-3H3,(H2,24,25,27). The van der Waals surface area contributed by atoms with Gasteiger partial charge in [-0.25, -0.2) is 4.39 Å². The van der Waals surface area contributed by atoms with E-state index < -0.39 is 0 Å². The minimum atomic E-state index is -0.193. The molecule has 146 valence electrons. The number of aliphatic imine (C=N–C) groups is 1. The third kappa shape index (κ3) is 4.97. The summed E-state index contributed by atoms with van der Waals surface area (Å²) in [5.41, 5.74) is 3.90. The van der Waals surface area contributed by atoms with Gasteiger partial charge in [-0.05, 0) is 48.2 Å². The van der Waals surface area contributed by atoms with E-state index in [9.17, 15) is 4.39 Å². The number of aryl methyl sites for hydroxylation is 1. The van der Waals surface area contributed by atoms with Gasteiger partial charge < -0.3 is 10.6 Å². The topological polar surface area (TPSA) is 54.2 Å². The third-order valence-electron chi connectivity index (χ3n) is 4.73. The minimum absolute atomic E-state index is 0.0689. The van der Waals surface area contributed by atoms with Crippen LogP contribution in [0.4, 0.5) is 4.39 Å². The van der Waals surface area contributed by atoms with Gasteiger partial charge in [-0.15, -0.1) is 0 Å². The second kappa shape index (κ2) is 9.17. The maximum absolute atomic E-state index is 13.8. The van der Waals surface area contributed by atoms with E-state index in [0.717, 1.165) is 12.1 Å². The van der Waals surface area contributed by atoms with E-state index in [1.54, 1.807) is 32.3 Å². The van der Waals surface area contributed by atoms with Crippen molar-refractivity contribution >= 4 is 5.96 Å². The van der Waals surface area contributed by atoms with Crippen LogP contribution in [-0.4, -0.2) is 22.8 Å². The SMILES string of the molecule is CN=C(NCc1ccccc1Cn1cccn1)NC(C)c1ccc(C)c(F)c1. The molecule has 6 heteroatoms. The van der Waals surface area contributed by atoms with Gasteiger partial charge in [0.25, 0.3) is 0 Å². The van der Waals surface area contributed by atoms with E-state index in [2.05, 4.69) is 32.9 Å². The first kappa shape index (κ1) is 19.6. The van der Waals surface area contributed by atoms with E-state index >= 15 is 0 Å². The summed E-state index contributed by atoms with van der Waals surface area (Å²) in [6.45, 7) is 5.10. The molecular formula is C22H26FN5. The Bertz CT molecular complexity index is 934. The van der Waals surface area contributed by atoms with Crippen molar-refractivity contribution < 1.29 is 4.39 Å². The zero-order chi connectivity index (χ0) is 19.9. The van der Waals surface area contributed by atoms with Crippen LogP contribution >= 0.6 is 0 Å². The van der Waals surface area contributed by atoms with Crippen LogP contribution in [0.25, 0.3) is 0 Å². The fraction of sp³-hybridized carbons (Fsp3) is 0.273. The van der Waals surface area contributed by atoms with Crippen molar-refractivity contribution in [3.8, 4) is 0 Å². The Morgan fingerprint density at radius 1 is 1.18 bits per heavy atom. The number of hydrogen-bond acceptors (Lipinski definition) is 2. The lowest BCUT2D eigenvalue weighted by Crippen LogP contribution is -2.38. The zero-order valence-corrected chi connectivity index (χ0v) is 16.5. The van der Waals surface area contributed by atoms with E-state index in [1.165, 1.54) is 11.1 Å². The zero-order valence-electron chi connectivity index (χ0n) is 16.5. The Kier molecular flexibility index (Phi) is 6.42. The molecule has 0 radical (unpaired) electrons. The molecule has 1 atom stereocenters. The van der Waals surface area contributed by atoms with Crippen LogP contribution in [-0.2, 0) is 13.1 Å². The van der Waals surface area contributed by atoms with Gasteiger partial charge >= 0.3 is 0 Å². The lowest BCUT2D eigenvalue weighted by Gasteiger charge is -2.19. The molecule has 2 aromatic carbocycles. The van der Waals surface area contributed by atoms with Gasteiger partial charge in [0, 0.05) is 26.0 Å². The number of nitrogens with one attached hydrogen (secondary N) is 2. The summed E-state index contributed by atoms with van der Waals surface area (Å²) in [5, 5.41) is 10.9. The first-order valence-corrected chi connectivity index (χ1v) is 9.34. The van der Waals surface area contributed by atoms with Crippen molar-refractivity contribution in [2.75, 3.05) is 7.05 Å². The fourth-order valence-electron chi connectivity index (χ4n) is 2.99. The van der Waals surface area contributed by atoms with Gasteiger partial charge in [0.05, 0.1) is 12.6 Å². The highest BCUT2D eigenvalue weighted by Gasteiger charge is 2.10. The average Bonchev–Trinajstić information content (AvgIpc) is 3.21. The minimum Gasteiger partial charge on any atom is -0.352 e. The van der Waals surface area contributed by atoms with E-state index in [0.29, 0.717) is 18.1 Å².